The normalized spacial score (nSPS) is 15.2. The molecule has 4 nitrogen and oxygen atoms in total. The van der Waals surface area contributed by atoms with E-state index >= 15 is 0 Å². The van der Waals surface area contributed by atoms with Crippen molar-refractivity contribution in [3.8, 4) is 0 Å². The monoisotopic (exact) mass is 261 g/mol. The zero-order valence-electron chi connectivity index (χ0n) is 11.5. The van der Waals surface area contributed by atoms with Crippen LogP contribution in [0.3, 0.4) is 0 Å². The summed E-state index contributed by atoms with van der Waals surface area (Å²) in [5.74, 6) is 0.729. The predicted molar refractivity (Wildman–Crippen MR) is 78.2 cm³/mol. The summed E-state index contributed by atoms with van der Waals surface area (Å²) in [6.07, 6.45) is 2.58. The molecule has 1 heterocycles. The minimum atomic E-state index is 0.0980. The average Bonchev–Trinajstić information content (AvgIpc) is 2.74. The van der Waals surface area contributed by atoms with Crippen molar-refractivity contribution in [1.29, 1.82) is 0 Å². The number of anilines is 1. The lowest BCUT2D eigenvalue weighted by Gasteiger charge is -2.11. The summed E-state index contributed by atoms with van der Waals surface area (Å²) in [5, 5.41) is 6.31. The lowest BCUT2D eigenvalue weighted by Crippen LogP contribution is -2.24. The van der Waals surface area contributed by atoms with E-state index in [0.29, 0.717) is 12.3 Å². The Bertz CT molecular complexity index is 445. The van der Waals surface area contributed by atoms with Crippen LogP contribution in [-0.2, 0) is 17.6 Å². The average molecular weight is 261 g/mol. The Hall–Kier alpha value is -1.39. The van der Waals surface area contributed by atoms with E-state index in [1.807, 2.05) is 6.07 Å². The van der Waals surface area contributed by atoms with Crippen molar-refractivity contribution >= 4 is 11.6 Å². The highest BCUT2D eigenvalue weighted by molar-refractivity contribution is 5.99. The van der Waals surface area contributed by atoms with Crippen LogP contribution in [0.5, 0.6) is 0 Å². The van der Waals surface area contributed by atoms with Crippen LogP contribution in [0, 0.1) is 5.92 Å². The van der Waals surface area contributed by atoms with Gasteiger partial charge in [-0.1, -0.05) is 19.1 Å². The highest BCUT2D eigenvalue weighted by Gasteiger charge is 2.17. The van der Waals surface area contributed by atoms with E-state index in [-0.39, 0.29) is 5.91 Å². The summed E-state index contributed by atoms with van der Waals surface area (Å²) >= 11 is 0. The second-order valence-electron chi connectivity index (χ2n) is 5.35. The van der Waals surface area contributed by atoms with Crippen molar-refractivity contribution in [3.05, 3.63) is 29.3 Å². The molecule has 0 aliphatic carbocycles. The zero-order chi connectivity index (χ0) is 13.7. The van der Waals surface area contributed by atoms with Gasteiger partial charge in [-0.2, -0.15) is 0 Å². The van der Waals surface area contributed by atoms with Gasteiger partial charge >= 0.3 is 0 Å². The summed E-state index contributed by atoms with van der Waals surface area (Å²) in [4.78, 5) is 11.3. The fourth-order valence-electron chi connectivity index (χ4n) is 2.41. The second kappa shape index (κ2) is 6.68. The molecule has 0 saturated heterocycles. The Labute approximate surface area is 114 Å². The maximum Gasteiger partial charge on any atom is 0.228 e. The third kappa shape index (κ3) is 4.04. The molecule has 1 unspecified atom stereocenters. The number of amides is 1. The van der Waals surface area contributed by atoms with E-state index < -0.39 is 0 Å². The Morgan fingerprint density at radius 2 is 2.32 bits per heavy atom. The van der Waals surface area contributed by atoms with Gasteiger partial charge in [-0.15, -0.1) is 0 Å². The molecule has 1 aliphatic rings. The molecule has 19 heavy (non-hydrogen) atoms. The number of carbonyl (C=O) groups excluding carboxylic acids is 1. The van der Waals surface area contributed by atoms with Gasteiger partial charge in [0.25, 0.3) is 0 Å². The minimum Gasteiger partial charge on any atom is -0.330 e. The first-order valence-electron chi connectivity index (χ1n) is 7.01. The van der Waals surface area contributed by atoms with Gasteiger partial charge < -0.3 is 16.4 Å². The van der Waals surface area contributed by atoms with Crippen molar-refractivity contribution in [2.45, 2.75) is 26.2 Å². The maximum absolute atomic E-state index is 11.3. The number of rotatable bonds is 7. The summed E-state index contributed by atoms with van der Waals surface area (Å²) in [6.45, 7) is 4.96. The molecule has 1 amide bonds. The molecule has 0 spiro atoms. The third-order valence-corrected chi connectivity index (χ3v) is 3.54. The molecule has 4 heteroatoms. The molecule has 0 radical (unpaired) electrons. The topological polar surface area (TPSA) is 67.1 Å². The smallest absolute Gasteiger partial charge is 0.228 e. The zero-order valence-corrected chi connectivity index (χ0v) is 11.5. The summed E-state index contributed by atoms with van der Waals surface area (Å²) in [6, 6.07) is 6.24. The van der Waals surface area contributed by atoms with E-state index in [4.69, 9.17) is 5.73 Å². The number of hydrogen-bond donors (Lipinski definition) is 3. The van der Waals surface area contributed by atoms with Gasteiger partial charge in [-0.3, -0.25) is 4.79 Å². The fourth-order valence-corrected chi connectivity index (χ4v) is 2.41. The summed E-state index contributed by atoms with van der Waals surface area (Å²) < 4.78 is 0. The lowest BCUT2D eigenvalue weighted by atomic mass is 10.1. The SMILES string of the molecule is CC(CCN)CNCCc1ccc2c(c1)CC(=O)N2. The lowest BCUT2D eigenvalue weighted by molar-refractivity contribution is -0.115. The van der Waals surface area contributed by atoms with Crippen molar-refractivity contribution in [1.82, 2.24) is 5.32 Å². The number of carbonyl (C=O) groups is 1. The number of fused-ring (bicyclic) bond motifs is 1. The van der Waals surface area contributed by atoms with E-state index in [0.717, 1.165) is 43.7 Å². The molecule has 2 rings (SSSR count). The number of hydrogen-bond acceptors (Lipinski definition) is 3. The van der Waals surface area contributed by atoms with E-state index in [2.05, 4.69) is 29.7 Å². The summed E-state index contributed by atoms with van der Waals surface area (Å²) in [5.41, 5.74) is 8.91. The van der Waals surface area contributed by atoms with Crippen LogP contribution >= 0.6 is 0 Å². The number of nitrogens with one attached hydrogen (secondary N) is 2. The molecular weight excluding hydrogens is 238 g/mol. The molecule has 1 aliphatic heterocycles. The van der Waals surface area contributed by atoms with E-state index in [1.165, 1.54) is 5.56 Å². The largest absolute Gasteiger partial charge is 0.330 e. The van der Waals surface area contributed by atoms with Crippen LogP contribution in [0.4, 0.5) is 5.69 Å². The van der Waals surface area contributed by atoms with Gasteiger partial charge in [0.1, 0.15) is 0 Å². The number of benzene rings is 1. The molecule has 0 bridgehead atoms. The van der Waals surface area contributed by atoms with Gasteiger partial charge in [-0.25, -0.2) is 0 Å². The third-order valence-electron chi connectivity index (χ3n) is 3.54. The molecule has 1 aromatic carbocycles. The Morgan fingerprint density at radius 1 is 1.47 bits per heavy atom. The van der Waals surface area contributed by atoms with Crippen LogP contribution in [0.1, 0.15) is 24.5 Å². The Balaban J connectivity index is 1.75. The standard InChI is InChI=1S/C15H23N3O/c1-11(4-6-16)10-17-7-5-12-2-3-14-13(8-12)9-15(19)18-14/h2-3,8,11,17H,4-7,9-10,16H2,1H3,(H,18,19). The fraction of sp³-hybridized carbons (Fsp3) is 0.533. The molecule has 0 aromatic heterocycles. The highest BCUT2D eigenvalue weighted by atomic mass is 16.1. The molecule has 1 aromatic rings. The summed E-state index contributed by atoms with van der Waals surface area (Å²) in [7, 11) is 0. The van der Waals surface area contributed by atoms with Gasteiger partial charge in [0.15, 0.2) is 0 Å². The van der Waals surface area contributed by atoms with Crippen LogP contribution in [0.2, 0.25) is 0 Å². The molecule has 104 valence electrons. The van der Waals surface area contributed by atoms with Crippen molar-refractivity contribution < 1.29 is 4.79 Å². The quantitative estimate of drug-likeness (QED) is 0.648. The van der Waals surface area contributed by atoms with Gasteiger partial charge in [0.2, 0.25) is 5.91 Å². The molecule has 4 N–H and O–H groups in total. The predicted octanol–water partition coefficient (Wildman–Crippen LogP) is 1.30. The molecule has 0 fully saturated rings. The number of nitrogens with two attached hydrogens (primary N) is 1. The van der Waals surface area contributed by atoms with Crippen LogP contribution in [-0.4, -0.2) is 25.5 Å². The van der Waals surface area contributed by atoms with Gasteiger partial charge in [-0.05, 0) is 55.6 Å². The highest BCUT2D eigenvalue weighted by Crippen LogP contribution is 2.23. The van der Waals surface area contributed by atoms with Crippen molar-refractivity contribution in [2.75, 3.05) is 25.0 Å². The minimum absolute atomic E-state index is 0.0980. The Kier molecular flexibility index (Phi) is 4.93. The van der Waals surface area contributed by atoms with Crippen LogP contribution in [0.25, 0.3) is 0 Å². The Morgan fingerprint density at radius 3 is 3.11 bits per heavy atom. The van der Waals surface area contributed by atoms with Crippen LogP contribution < -0.4 is 16.4 Å². The molecule has 0 saturated carbocycles. The second-order valence-corrected chi connectivity index (χ2v) is 5.35. The van der Waals surface area contributed by atoms with Gasteiger partial charge in [0, 0.05) is 5.69 Å². The molecule has 1 atom stereocenters. The first-order chi connectivity index (χ1) is 9.19. The van der Waals surface area contributed by atoms with Crippen molar-refractivity contribution in [2.24, 2.45) is 11.7 Å². The maximum atomic E-state index is 11.3. The van der Waals surface area contributed by atoms with E-state index in [1.54, 1.807) is 0 Å². The van der Waals surface area contributed by atoms with Crippen LogP contribution in [0.15, 0.2) is 18.2 Å². The van der Waals surface area contributed by atoms with Gasteiger partial charge in [0.05, 0.1) is 6.42 Å². The first kappa shape index (κ1) is 14.0. The van der Waals surface area contributed by atoms with E-state index in [9.17, 15) is 4.79 Å². The molecular formula is C15H23N3O. The first-order valence-corrected chi connectivity index (χ1v) is 7.01. The van der Waals surface area contributed by atoms with Crippen molar-refractivity contribution in [3.63, 3.8) is 0 Å².